The fraction of sp³-hybridized carbons (Fsp3) is 0.345. The Balaban J connectivity index is 1.74. The highest BCUT2D eigenvalue weighted by Crippen LogP contribution is 2.32. The van der Waals surface area contributed by atoms with Crippen molar-refractivity contribution in [1.82, 2.24) is 9.97 Å². The van der Waals surface area contributed by atoms with Gasteiger partial charge < -0.3 is 15.3 Å². The SMILES string of the molecule is CCC(CC(=O)O)c1cc(Nc2ccc3nc(C)sc3c2)cc(N(Cc2ccccc2)CC(C)C)n1. The van der Waals surface area contributed by atoms with Gasteiger partial charge >= 0.3 is 5.97 Å². The van der Waals surface area contributed by atoms with Crippen LogP contribution in [0.3, 0.4) is 0 Å². The van der Waals surface area contributed by atoms with Gasteiger partial charge in [-0.2, -0.15) is 0 Å². The Morgan fingerprint density at radius 1 is 1.06 bits per heavy atom. The van der Waals surface area contributed by atoms with Crippen LogP contribution in [0.5, 0.6) is 0 Å². The summed E-state index contributed by atoms with van der Waals surface area (Å²) in [5, 5.41) is 14.1. The Morgan fingerprint density at radius 3 is 2.53 bits per heavy atom. The first kappa shape index (κ1) is 25.6. The summed E-state index contributed by atoms with van der Waals surface area (Å²) in [7, 11) is 0. The topological polar surface area (TPSA) is 78.3 Å². The average molecular weight is 503 g/mol. The van der Waals surface area contributed by atoms with E-state index >= 15 is 0 Å². The van der Waals surface area contributed by atoms with E-state index in [2.05, 4.69) is 65.4 Å². The third-order valence-electron chi connectivity index (χ3n) is 6.07. The maximum Gasteiger partial charge on any atom is 0.304 e. The maximum absolute atomic E-state index is 11.6. The molecule has 2 aromatic carbocycles. The van der Waals surface area contributed by atoms with E-state index in [4.69, 9.17) is 4.98 Å². The third kappa shape index (κ3) is 6.61. The Kier molecular flexibility index (Phi) is 8.21. The normalized spacial score (nSPS) is 12.1. The van der Waals surface area contributed by atoms with Gasteiger partial charge in [-0.15, -0.1) is 11.3 Å². The number of nitrogens with zero attached hydrogens (tertiary/aromatic N) is 3. The maximum atomic E-state index is 11.6. The molecule has 6 nitrogen and oxygen atoms in total. The number of carbonyl (C=O) groups is 1. The van der Waals surface area contributed by atoms with Gasteiger partial charge in [0.2, 0.25) is 0 Å². The van der Waals surface area contributed by atoms with E-state index < -0.39 is 5.97 Å². The Labute approximate surface area is 217 Å². The summed E-state index contributed by atoms with van der Waals surface area (Å²) in [5.74, 6) is 0.324. The Hall–Kier alpha value is -3.45. The van der Waals surface area contributed by atoms with Crippen LogP contribution in [0, 0.1) is 12.8 Å². The van der Waals surface area contributed by atoms with Gasteiger partial charge in [0.15, 0.2) is 0 Å². The molecule has 2 aromatic heterocycles. The molecule has 1 unspecified atom stereocenters. The van der Waals surface area contributed by atoms with Crippen molar-refractivity contribution in [2.75, 3.05) is 16.8 Å². The second-order valence-corrected chi connectivity index (χ2v) is 10.9. The Bertz CT molecular complexity index is 1320. The quantitative estimate of drug-likeness (QED) is 0.223. The van der Waals surface area contributed by atoms with Crippen LogP contribution >= 0.6 is 11.3 Å². The van der Waals surface area contributed by atoms with E-state index in [0.29, 0.717) is 12.3 Å². The molecule has 4 rings (SSSR count). The van der Waals surface area contributed by atoms with Crippen molar-refractivity contribution in [3.05, 3.63) is 76.9 Å². The smallest absolute Gasteiger partial charge is 0.304 e. The standard InChI is InChI=1S/C29H34N4O2S/c1-5-22(13-29(34)35)26-14-24(31-23-11-12-25-27(15-23)36-20(4)30-25)16-28(32-26)33(17-19(2)3)18-21-9-7-6-8-10-21/h6-12,14-16,19,22H,5,13,17-18H2,1-4H3,(H,31,32)(H,34,35). The molecule has 0 radical (unpaired) electrons. The molecule has 0 bridgehead atoms. The van der Waals surface area contributed by atoms with Gasteiger partial charge in [0, 0.05) is 42.1 Å². The highest BCUT2D eigenvalue weighted by Gasteiger charge is 2.20. The van der Waals surface area contributed by atoms with Crippen LogP contribution in [0.1, 0.15) is 55.8 Å². The van der Waals surface area contributed by atoms with Crippen molar-refractivity contribution in [1.29, 1.82) is 0 Å². The first-order valence-electron chi connectivity index (χ1n) is 12.5. The molecule has 0 saturated carbocycles. The number of anilines is 3. The van der Waals surface area contributed by atoms with E-state index in [9.17, 15) is 9.90 Å². The first-order chi connectivity index (χ1) is 17.3. The van der Waals surface area contributed by atoms with Gasteiger partial charge in [-0.05, 0) is 49.1 Å². The number of aromatic nitrogens is 2. The molecule has 2 N–H and O–H groups in total. The van der Waals surface area contributed by atoms with Gasteiger partial charge in [-0.25, -0.2) is 9.97 Å². The van der Waals surface area contributed by atoms with E-state index in [1.165, 1.54) is 5.56 Å². The van der Waals surface area contributed by atoms with E-state index in [1.54, 1.807) is 11.3 Å². The number of nitrogens with one attached hydrogen (secondary N) is 1. The summed E-state index contributed by atoms with van der Waals surface area (Å²) < 4.78 is 1.13. The number of carboxylic acid groups (broad SMARTS) is 1. The zero-order valence-electron chi connectivity index (χ0n) is 21.4. The molecular weight excluding hydrogens is 468 g/mol. The van der Waals surface area contributed by atoms with Gasteiger partial charge in [0.25, 0.3) is 0 Å². The van der Waals surface area contributed by atoms with Crippen molar-refractivity contribution in [2.45, 2.75) is 53.0 Å². The number of benzene rings is 2. The van der Waals surface area contributed by atoms with Gasteiger partial charge in [0.1, 0.15) is 5.82 Å². The summed E-state index contributed by atoms with van der Waals surface area (Å²) in [4.78, 5) is 23.5. The van der Waals surface area contributed by atoms with Crippen molar-refractivity contribution in [3.8, 4) is 0 Å². The van der Waals surface area contributed by atoms with Gasteiger partial charge in [-0.1, -0.05) is 51.1 Å². The van der Waals surface area contributed by atoms with Gasteiger partial charge in [0.05, 0.1) is 21.6 Å². The van der Waals surface area contributed by atoms with Gasteiger partial charge in [-0.3, -0.25) is 4.79 Å². The number of rotatable bonds is 11. The number of aliphatic carboxylic acids is 1. The number of hydrogen-bond acceptors (Lipinski definition) is 6. The van der Waals surface area contributed by atoms with E-state index in [1.807, 2.05) is 38.1 Å². The predicted octanol–water partition coefficient (Wildman–Crippen LogP) is 7.37. The van der Waals surface area contributed by atoms with Crippen LogP contribution in [-0.4, -0.2) is 27.6 Å². The van der Waals surface area contributed by atoms with Crippen LogP contribution in [0.15, 0.2) is 60.7 Å². The fourth-order valence-electron chi connectivity index (χ4n) is 4.42. The summed E-state index contributed by atoms with van der Waals surface area (Å²) >= 11 is 1.67. The largest absolute Gasteiger partial charge is 0.481 e. The summed E-state index contributed by atoms with van der Waals surface area (Å²) in [6.45, 7) is 10.0. The Morgan fingerprint density at radius 2 is 1.83 bits per heavy atom. The molecule has 0 aliphatic carbocycles. The van der Waals surface area contributed by atoms with E-state index in [0.717, 1.165) is 51.2 Å². The number of fused-ring (bicyclic) bond motifs is 1. The summed E-state index contributed by atoms with van der Waals surface area (Å²) in [6, 6.07) is 20.6. The van der Waals surface area contributed by atoms with Crippen LogP contribution in [0.25, 0.3) is 10.2 Å². The molecule has 2 heterocycles. The van der Waals surface area contributed by atoms with Crippen LogP contribution in [-0.2, 0) is 11.3 Å². The second-order valence-electron chi connectivity index (χ2n) is 9.64. The van der Waals surface area contributed by atoms with Crippen molar-refractivity contribution in [2.24, 2.45) is 5.92 Å². The lowest BCUT2D eigenvalue weighted by atomic mass is 9.97. The van der Waals surface area contributed by atoms with Crippen LogP contribution < -0.4 is 10.2 Å². The third-order valence-corrected chi connectivity index (χ3v) is 7.01. The molecule has 0 amide bonds. The molecular formula is C29H34N4O2S. The summed E-state index contributed by atoms with van der Waals surface area (Å²) in [5.41, 5.74) is 4.89. The monoisotopic (exact) mass is 502 g/mol. The number of pyridine rings is 1. The molecule has 188 valence electrons. The molecule has 36 heavy (non-hydrogen) atoms. The lowest BCUT2D eigenvalue weighted by Crippen LogP contribution is -2.28. The minimum absolute atomic E-state index is 0.0569. The zero-order chi connectivity index (χ0) is 25.7. The molecule has 7 heteroatoms. The molecule has 0 saturated heterocycles. The molecule has 0 aliphatic rings. The minimum Gasteiger partial charge on any atom is -0.481 e. The van der Waals surface area contributed by atoms with Crippen LogP contribution in [0.2, 0.25) is 0 Å². The fourth-order valence-corrected chi connectivity index (χ4v) is 5.28. The molecule has 0 aliphatic heterocycles. The van der Waals surface area contributed by atoms with E-state index in [-0.39, 0.29) is 12.3 Å². The van der Waals surface area contributed by atoms with Crippen molar-refractivity contribution in [3.63, 3.8) is 0 Å². The second kappa shape index (κ2) is 11.5. The number of aryl methyl sites for hydroxylation is 1. The molecule has 0 fully saturated rings. The summed E-state index contributed by atoms with van der Waals surface area (Å²) in [6.07, 6.45) is 0.762. The van der Waals surface area contributed by atoms with Crippen LogP contribution in [0.4, 0.5) is 17.2 Å². The molecule has 4 aromatic rings. The zero-order valence-corrected chi connectivity index (χ0v) is 22.2. The highest BCUT2D eigenvalue weighted by molar-refractivity contribution is 7.18. The van der Waals surface area contributed by atoms with Crippen molar-refractivity contribution >= 4 is 44.7 Å². The predicted molar refractivity (Wildman–Crippen MR) is 149 cm³/mol. The first-order valence-corrected chi connectivity index (χ1v) is 13.3. The van der Waals surface area contributed by atoms with Crippen molar-refractivity contribution < 1.29 is 9.90 Å². The lowest BCUT2D eigenvalue weighted by molar-refractivity contribution is -0.137. The lowest BCUT2D eigenvalue weighted by Gasteiger charge is -2.28. The minimum atomic E-state index is -0.807. The highest BCUT2D eigenvalue weighted by atomic mass is 32.1. The number of thiazole rings is 1. The molecule has 1 atom stereocenters. The molecule has 0 spiro atoms. The number of carboxylic acids is 1. The average Bonchev–Trinajstić information content (AvgIpc) is 3.21. The number of hydrogen-bond donors (Lipinski definition) is 2.